The average Bonchev–Trinajstić information content (AvgIpc) is 2.90. The maximum atomic E-state index is 12.4. The lowest BCUT2D eigenvalue weighted by Crippen LogP contribution is -2.16. The van der Waals surface area contributed by atoms with Crippen molar-refractivity contribution in [1.82, 2.24) is 0 Å². The Balaban J connectivity index is 1.57. The minimum absolute atomic E-state index is 0.495. The SMILES string of the molecule is O=C(CC1CC2CCC1C2)C1=CCCCCCC1. The van der Waals surface area contributed by atoms with Gasteiger partial charge in [-0.3, -0.25) is 4.79 Å². The van der Waals surface area contributed by atoms with Crippen LogP contribution in [0.25, 0.3) is 0 Å². The predicted octanol–water partition coefficient (Wildman–Crippen LogP) is 4.66. The molecule has 0 saturated heterocycles. The molecule has 3 aliphatic carbocycles. The summed E-state index contributed by atoms with van der Waals surface area (Å²) in [6, 6.07) is 0. The number of rotatable bonds is 3. The average molecular weight is 246 g/mol. The molecule has 3 aliphatic rings. The van der Waals surface area contributed by atoms with Gasteiger partial charge >= 0.3 is 0 Å². The van der Waals surface area contributed by atoms with Crippen molar-refractivity contribution in [1.29, 1.82) is 0 Å². The summed E-state index contributed by atoms with van der Waals surface area (Å²) in [6.07, 6.45) is 16.1. The van der Waals surface area contributed by atoms with Crippen LogP contribution < -0.4 is 0 Å². The molecule has 100 valence electrons. The molecule has 0 aromatic heterocycles. The second kappa shape index (κ2) is 5.59. The highest BCUT2D eigenvalue weighted by atomic mass is 16.1. The van der Waals surface area contributed by atoms with E-state index in [0.29, 0.717) is 5.78 Å². The van der Waals surface area contributed by atoms with Crippen LogP contribution >= 0.6 is 0 Å². The minimum Gasteiger partial charge on any atom is -0.295 e. The van der Waals surface area contributed by atoms with Crippen LogP contribution in [0.4, 0.5) is 0 Å². The molecule has 0 aliphatic heterocycles. The molecule has 2 bridgehead atoms. The van der Waals surface area contributed by atoms with Crippen LogP contribution in [-0.2, 0) is 4.79 Å². The Morgan fingerprint density at radius 1 is 1.11 bits per heavy atom. The van der Waals surface area contributed by atoms with Crippen LogP contribution in [0.1, 0.15) is 70.6 Å². The van der Waals surface area contributed by atoms with Gasteiger partial charge in [0.25, 0.3) is 0 Å². The largest absolute Gasteiger partial charge is 0.295 e. The van der Waals surface area contributed by atoms with Crippen molar-refractivity contribution in [2.45, 2.75) is 70.6 Å². The first-order chi connectivity index (χ1) is 8.83. The standard InChI is InChI=1S/C17H26O/c18-17(14-6-4-2-1-3-5-7-14)12-16-11-13-8-9-15(16)10-13/h6,13,15-16H,1-5,7-12H2. The summed E-state index contributed by atoms with van der Waals surface area (Å²) in [5.41, 5.74) is 1.18. The molecule has 3 rings (SSSR count). The molecule has 2 saturated carbocycles. The second-order valence-corrected chi connectivity index (χ2v) is 6.74. The fraction of sp³-hybridized carbons (Fsp3) is 0.824. The van der Waals surface area contributed by atoms with E-state index in [1.165, 1.54) is 56.9 Å². The Kier molecular flexibility index (Phi) is 3.86. The number of carbonyl (C=O) groups excluding carboxylic acids is 1. The van der Waals surface area contributed by atoms with Crippen molar-refractivity contribution in [2.24, 2.45) is 17.8 Å². The van der Waals surface area contributed by atoms with Crippen LogP contribution in [-0.4, -0.2) is 5.78 Å². The smallest absolute Gasteiger partial charge is 0.158 e. The number of carbonyl (C=O) groups is 1. The zero-order valence-corrected chi connectivity index (χ0v) is 11.5. The van der Waals surface area contributed by atoms with E-state index in [9.17, 15) is 4.79 Å². The Morgan fingerprint density at radius 3 is 2.78 bits per heavy atom. The van der Waals surface area contributed by atoms with E-state index in [0.717, 1.165) is 37.0 Å². The number of ketones is 1. The van der Waals surface area contributed by atoms with Gasteiger partial charge in [-0.1, -0.05) is 25.3 Å². The first kappa shape index (κ1) is 12.4. The molecule has 1 heteroatoms. The van der Waals surface area contributed by atoms with Crippen LogP contribution in [0.3, 0.4) is 0 Å². The van der Waals surface area contributed by atoms with E-state index in [1.54, 1.807) is 0 Å². The van der Waals surface area contributed by atoms with Gasteiger partial charge in [0.15, 0.2) is 5.78 Å². The van der Waals surface area contributed by atoms with Crippen molar-refractivity contribution < 1.29 is 4.79 Å². The summed E-state index contributed by atoms with van der Waals surface area (Å²) < 4.78 is 0. The van der Waals surface area contributed by atoms with E-state index >= 15 is 0 Å². The molecule has 3 unspecified atom stereocenters. The molecule has 0 aromatic carbocycles. The van der Waals surface area contributed by atoms with Gasteiger partial charge < -0.3 is 0 Å². The summed E-state index contributed by atoms with van der Waals surface area (Å²) in [5, 5.41) is 0. The molecule has 0 aromatic rings. The lowest BCUT2D eigenvalue weighted by molar-refractivity contribution is -0.117. The van der Waals surface area contributed by atoms with Gasteiger partial charge in [0.2, 0.25) is 0 Å². The fourth-order valence-corrected chi connectivity index (χ4v) is 4.44. The number of allylic oxidation sites excluding steroid dienone is 2. The van der Waals surface area contributed by atoms with Crippen molar-refractivity contribution in [3.63, 3.8) is 0 Å². The van der Waals surface area contributed by atoms with Crippen LogP contribution in [0.15, 0.2) is 11.6 Å². The Hall–Kier alpha value is -0.590. The molecule has 1 nitrogen and oxygen atoms in total. The van der Waals surface area contributed by atoms with Gasteiger partial charge in [-0.25, -0.2) is 0 Å². The Bertz CT molecular complexity index is 342. The number of hydrogen-bond acceptors (Lipinski definition) is 1. The van der Waals surface area contributed by atoms with Crippen LogP contribution in [0, 0.1) is 17.8 Å². The van der Waals surface area contributed by atoms with Gasteiger partial charge in [-0.15, -0.1) is 0 Å². The van der Waals surface area contributed by atoms with Crippen LogP contribution in [0.5, 0.6) is 0 Å². The second-order valence-electron chi connectivity index (χ2n) is 6.74. The lowest BCUT2D eigenvalue weighted by atomic mass is 9.83. The molecular formula is C17H26O. The van der Waals surface area contributed by atoms with Gasteiger partial charge in [0, 0.05) is 6.42 Å². The van der Waals surface area contributed by atoms with Gasteiger partial charge in [-0.2, -0.15) is 0 Å². The van der Waals surface area contributed by atoms with Crippen LogP contribution in [0.2, 0.25) is 0 Å². The first-order valence-electron chi connectivity index (χ1n) is 8.05. The highest BCUT2D eigenvalue weighted by molar-refractivity contribution is 5.95. The topological polar surface area (TPSA) is 17.1 Å². The zero-order chi connectivity index (χ0) is 12.4. The van der Waals surface area contributed by atoms with E-state index in [1.807, 2.05) is 0 Å². The highest BCUT2D eigenvalue weighted by Crippen LogP contribution is 2.49. The predicted molar refractivity (Wildman–Crippen MR) is 74.3 cm³/mol. The monoisotopic (exact) mass is 246 g/mol. The van der Waals surface area contributed by atoms with Gasteiger partial charge in [-0.05, 0) is 68.3 Å². The van der Waals surface area contributed by atoms with E-state index in [-0.39, 0.29) is 0 Å². The summed E-state index contributed by atoms with van der Waals surface area (Å²) in [4.78, 5) is 12.4. The Morgan fingerprint density at radius 2 is 2.00 bits per heavy atom. The third kappa shape index (κ3) is 2.70. The molecule has 0 spiro atoms. The molecule has 2 fully saturated rings. The highest BCUT2D eigenvalue weighted by Gasteiger charge is 2.40. The summed E-state index contributed by atoms with van der Waals surface area (Å²) in [5.74, 6) is 3.10. The third-order valence-corrected chi connectivity index (χ3v) is 5.48. The maximum absolute atomic E-state index is 12.4. The molecule has 3 atom stereocenters. The number of fused-ring (bicyclic) bond motifs is 2. The minimum atomic E-state index is 0.495. The third-order valence-electron chi connectivity index (χ3n) is 5.48. The molecule has 0 radical (unpaired) electrons. The number of hydrogen-bond donors (Lipinski definition) is 0. The first-order valence-corrected chi connectivity index (χ1v) is 8.05. The summed E-state index contributed by atoms with van der Waals surface area (Å²) >= 11 is 0. The van der Waals surface area contributed by atoms with E-state index in [4.69, 9.17) is 0 Å². The van der Waals surface area contributed by atoms with E-state index < -0.39 is 0 Å². The summed E-state index contributed by atoms with van der Waals surface area (Å²) in [7, 11) is 0. The fourth-order valence-electron chi connectivity index (χ4n) is 4.44. The Labute approximate surface area is 111 Å². The molecule has 0 N–H and O–H groups in total. The van der Waals surface area contributed by atoms with Gasteiger partial charge in [0.1, 0.15) is 0 Å². The summed E-state index contributed by atoms with van der Waals surface area (Å²) in [6.45, 7) is 0. The quantitative estimate of drug-likeness (QED) is 0.707. The van der Waals surface area contributed by atoms with Crippen molar-refractivity contribution in [3.8, 4) is 0 Å². The molecule has 0 heterocycles. The molecule has 18 heavy (non-hydrogen) atoms. The number of Topliss-reactive ketones (excluding diaryl/α,β-unsaturated/α-hetero) is 1. The van der Waals surface area contributed by atoms with Crippen molar-refractivity contribution >= 4 is 5.78 Å². The maximum Gasteiger partial charge on any atom is 0.158 e. The molecular weight excluding hydrogens is 220 g/mol. The van der Waals surface area contributed by atoms with Gasteiger partial charge in [0.05, 0.1) is 0 Å². The molecule has 0 amide bonds. The van der Waals surface area contributed by atoms with Crippen molar-refractivity contribution in [3.05, 3.63) is 11.6 Å². The van der Waals surface area contributed by atoms with E-state index in [2.05, 4.69) is 6.08 Å². The zero-order valence-electron chi connectivity index (χ0n) is 11.5. The van der Waals surface area contributed by atoms with Crippen molar-refractivity contribution in [2.75, 3.05) is 0 Å². The lowest BCUT2D eigenvalue weighted by Gasteiger charge is -2.21. The normalized spacial score (nSPS) is 36.0.